The zero-order chi connectivity index (χ0) is 20.4. The van der Waals surface area contributed by atoms with Crippen LogP contribution in [-0.4, -0.2) is 53.7 Å². The van der Waals surface area contributed by atoms with Crippen LogP contribution in [0.5, 0.6) is 11.5 Å². The normalized spacial score (nSPS) is 16.5. The molecule has 1 aliphatic rings. The van der Waals surface area contributed by atoms with Crippen molar-refractivity contribution in [3.63, 3.8) is 0 Å². The third kappa shape index (κ3) is 3.73. The Labute approximate surface area is 163 Å². The van der Waals surface area contributed by atoms with Crippen LogP contribution in [0.4, 0.5) is 5.82 Å². The quantitative estimate of drug-likeness (QED) is 0.698. The number of H-pyrrole nitrogens is 1. The fourth-order valence-corrected chi connectivity index (χ4v) is 3.03. The van der Waals surface area contributed by atoms with E-state index in [0.717, 1.165) is 5.56 Å². The first-order valence-electron chi connectivity index (χ1n) is 9.08. The van der Waals surface area contributed by atoms with Gasteiger partial charge in [-0.05, 0) is 38.5 Å². The average molecular weight is 387 g/mol. The van der Waals surface area contributed by atoms with E-state index in [4.69, 9.17) is 9.47 Å². The van der Waals surface area contributed by atoms with E-state index >= 15 is 0 Å². The number of hydrogen-bond acceptors (Lipinski definition) is 6. The summed E-state index contributed by atoms with van der Waals surface area (Å²) in [7, 11) is 3.36. The molecule has 2 atom stereocenters. The minimum Gasteiger partial charge on any atom is -0.490 e. The molecule has 0 saturated carbocycles. The lowest BCUT2D eigenvalue weighted by Gasteiger charge is -2.26. The second-order valence-electron chi connectivity index (χ2n) is 6.75. The lowest BCUT2D eigenvalue weighted by molar-refractivity contribution is -0.135. The molecule has 2 aromatic rings. The molecule has 0 bridgehead atoms. The number of benzene rings is 1. The van der Waals surface area contributed by atoms with Gasteiger partial charge >= 0.3 is 0 Å². The highest BCUT2D eigenvalue weighted by molar-refractivity contribution is 6.01. The van der Waals surface area contributed by atoms with Crippen molar-refractivity contribution in [1.29, 1.82) is 0 Å². The topological polar surface area (TPSA) is 109 Å². The minimum atomic E-state index is -0.651. The molecule has 9 heteroatoms. The van der Waals surface area contributed by atoms with Gasteiger partial charge in [-0.15, -0.1) is 0 Å². The van der Waals surface area contributed by atoms with E-state index in [0.29, 0.717) is 35.2 Å². The Morgan fingerprint density at radius 1 is 1.29 bits per heavy atom. The van der Waals surface area contributed by atoms with Gasteiger partial charge < -0.3 is 25.0 Å². The molecular weight excluding hydrogens is 362 g/mol. The summed E-state index contributed by atoms with van der Waals surface area (Å²) in [6.07, 6.45) is -1.11. The van der Waals surface area contributed by atoms with Crippen LogP contribution >= 0.6 is 0 Å². The number of fused-ring (bicyclic) bond motifs is 1. The number of carbonyl (C=O) groups excluding carboxylic acids is 2. The molecule has 1 aliphatic heterocycles. The van der Waals surface area contributed by atoms with Crippen molar-refractivity contribution in [1.82, 2.24) is 20.4 Å². The molecule has 0 fully saturated rings. The van der Waals surface area contributed by atoms with E-state index in [1.807, 2.05) is 13.0 Å². The number of carbonyl (C=O) groups is 2. The molecule has 0 spiro atoms. The van der Waals surface area contributed by atoms with Crippen molar-refractivity contribution in [2.24, 2.45) is 0 Å². The molecule has 3 rings (SSSR count). The summed E-state index contributed by atoms with van der Waals surface area (Å²) in [5.41, 5.74) is 2.00. The van der Waals surface area contributed by atoms with Crippen LogP contribution in [0.1, 0.15) is 41.6 Å². The van der Waals surface area contributed by atoms with Gasteiger partial charge in [0.15, 0.2) is 23.4 Å². The van der Waals surface area contributed by atoms with Crippen molar-refractivity contribution in [2.75, 3.05) is 26.0 Å². The Hall–Kier alpha value is -3.23. The SMILES string of the molecule is CCOc1cc([C@H]2NC(=O)c3c(n[nH]c3C)N2)ccc1O[C@H](C)C(=O)N(C)C. The summed E-state index contributed by atoms with van der Waals surface area (Å²) in [6.45, 7) is 5.78. The number of hydrogen-bond donors (Lipinski definition) is 3. The first-order valence-corrected chi connectivity index (χ1v) is 9.08. The van der Waals surface area contributed by atoms with E-state index in [-0.39, 0.29) is 11.8 Å². The second kappa shape index (κ2) is 7.79. The smallest absolute Gasteiger partial charge is 0.262 e. The largest absolute Gasteiger partial charge is 0.490 e. The van der Waals surface area contributed by atoms with Gasteiger partial charge in [0, 0.05) is 19.8 Å². The highest BCUT2D eigenvalue weighted by Crippen LogP contribution is 2.33. The fourth-order valence-electron chi connectivity index (χ4n) is 3.03. The average Bonchev–Trinajstić information content (AvgIpc) is 3.03. The molecular formula is C19H25N5O4. The maximum Gasteiger partial charge on any atom is 0.262 e. The number of nitrogens with one attached hydrogen (secondary N) is 3. The van der Waals surface area contributed by atoms with Crippen molar-refractivity contribution in [3.05, 3.63) is 35.0 Å². The van der Waals surface area contributed by atoms with E-state index in [1.54, 1.807) is 40.1 Å². The van der Waals surface area contributed by atoms with E-state index < -0.39 is 12.3 Å². The minimum absolute atomic E-state index is 0.144. The first-order chi connectivity index (χ1) is 13.3. The first kappa shape index (κ1) is 19.5. The van der Waals surface area contributed by atoms with Gasteiger partial charge in [-0.25, -0.2) is 0 Å². The Bertz CT molecular complexity index is 892. The van der Waals surface area contributed by atoms with Crippen molar-refractivity contribution < 1.29 is 19.1 Å². The van der Waals surface area contributed by atoms with Crippen molar-refractivity contribution in [3.8, 4) is 11.5 Å². The molecule has 3 N–H and O–H groups in total. The molecule has 0 saturated heterocycles. The van der Waals surface area contributed by atoms with Crippen LogP contribution in [0, 0.1) is 6.92 Å². The van der Waals surface area contributed by atoms with Gasteiger partial charge in [0.25, 0.3) is 11.8 Å². The lowest BCUT2D eigenvalue weighted by atomic mass is 10.1. The Morgan fingerprint density at radius 2 is 2.04 bits per heavy atom. The molecule has 0 aliphatic carbocycles. The summed E-state index contributed by atoms with van der Waals surface area (Å²) in [4.78, 5) is 26.0. The van der Waals surface area contributed by atoms with Crippen molar-refractivity contribution >= 4 is 17.6 Å². The predicted molar refractivity (Wildman–Crippen MR) is 104 cm³/mol. The molecule has 1 aromatic heterocycles. The van der Waals surface area contributed by atoms with Gasteiger partial charge in [0.05, 0.1) is 6.61 Å². The molecule has 28 heavy (non-hydrogen) atoms. The Balaban J connectivity index is 1.85. The summed E-state index contributed by atoms with van der Waals surface area (Å²) >= 11 is 0. The Morgan fingerprint density at radius 3 is 2.71 bits per heavy atom. The van der Waals surface area contributed by atoms with Crippen LogP contribution in [0.3, 0.4) is 0 Å². The molecule has 9 nitrogen and oxygen atoms in total. The van der Waals surface area contributed by atoms with Gasteiger partial charge in [0.2, 0.25) is 0 Å². The number of likely N-dealkylation sites (N-methyl/N-ethyl adjacent to an activating group) is 1. The highest BCUT2D eigenvalue weighted by Gasteiger charge is 2.29. The number of aromatic amines is 1. The van der Waals surface area contributed by atoms with Gasteiger partial charge in [-0.3, -0.25) is 14.7 Å². The zero-order valence-corrected chi connectivity index (χ0v) is 16.6. The maximum absolute atomic E-state index is 12.4. The number of nitrogens with zero attached hydrogens (tertiary/aromatic N) is 2. The molecule has 0 unspecified atom stereocenters. The molecule has 1 aromatic carbocycles. The van der Waals surface area contributed by atoms with Crippen LogP contribution in [0.25, 0.3) is 0 Å². The fraction of sp³-hybridized carbons (Fsp3) is 0.421. The monoisotopic (exact) mass is 387 g/mol. The molecule has 2 heterocycles. The molecule has 0 radical (unpaired) electrons. The third-order valence-corrected chi connectivity index (χ3v) is 4.42. The van der Waals surface area contributed by atoms with Gasteiger partial charge in [-0.1, -0.05) is 6.07 Å². The van der Waals surface area contributed by atoms with E-state index in [1.165, 1.54) is 4.90 Å². The van der Waals surface area contributed by atoms with Gasteiger partial charge in [0.1, 0.15) is 11.7 Å². The standard InChI is InChI=1S/C19H25N5O4/c1-6-27-14-9-12(7-8-13(14)28-11(3)19(26)24(4)5)16-20-17-15(18(25)21-16)10(2)22-23-17/h7-9,11,16H,6H2,1-5H3,(H,21,25)(H2,20,22,23)/t11-,16-/m1/s1. The maximum atomic E-state index is 12.4. The number of ether oxygens (including phenoxy) is 2. The predicted octanol–water partition coefficient (Wildman–Crippen LogP) is 1.83. The summed E-state index contributed by atoms with van der Waals surface area (Å²) < 4.78 is 11.5. The second-order valence-corrected chi connectivity index (χ2v) is 6.75. The number of aromatic nitrogens is 2. The molecule has 2 amide bonds. The Kier molecular flexibility index (Phi) is 5.43. The van der Waals surface area contributed by atoms with Crippen molar-refractivity contribution in [2.45, 2.75) is 33.0 Å². The van der Waals surface area contributed by atoms with E-state index in [9.17, 15) is 9.59 Å². The number of aryl methyl sites for hydroxylation is 1. The lowest BCUT2D eigenvalue weighted by Crippen LogP contribution is -2.38. The van der Waals surface area contributed by atoms with E-state index in [2.05, 4.69) is 20.8 Å². The van der Waals surface area contributed by atoms with Crippen LogP contribution in [0.15, 0.2) is 18.2 Å². The zero-order valence-electron chi connectivity index (χ0n) is 16.6. The highest BCUT2D eigenvalue weighted by atomic mass is 16.5. The van der Waals surface area contributed by atoms with Crippen LogP contribution < -0.4 is 20.1 Å². The van der Waals surface area contributed by atoms with Crippen LogP contribution in [-0.2, 0) is 4.79 Å². The third-order valence-electron chi connectivity index (χ3n) is 4.42. The number of anilines is 1. The number of rotatable bonds is 6. The van der Waals surface area contributed by atoms with Crippen LogP contribution in [0.2, 0.25) is 0 Å². The summed E-state index contributed by atoms with van der Waals surface area (Å²) in [6, 6.07) is 5.33. The molecule has 150 valence electrons. The summed E-state index contributed by atoms with van der Waals surface area (Å²) in [5, 5.41) is 13.1. The van der Waals surface area contributed by atoms with Gasteiger partial charge in [-0.2, -0.15) is 5.10 Å². The number of amides is 2. The summed E-state index contributed by atoms with van der Waals surface area (Å²) in [5.74, 6) is 1.13.